The fourth-order valence-corrected chi connectivity index (χ4v) is 2.40. The number of Topliss-reactive ketones (excluding diaryl/α,β-unsaturated/α-hetero) is 1. The lowest BCUT2D eigenvalue weighted by molar-refractivity contribution is -0.118. The summed E-state index contributed by atoms with van der Waals surface area (Å²) in [6.45, 7) is 0. The monoisotopic (exact) mass is 305 g/mol. The molecule has 1 unspecified atom stereocenters. The minimum atomic E-state index is -0.441. The van der Waals surface area contributed by atoms with Crippen LogP contribution in [-0.4, -0.2) is 5.78 Å². The lowest BCUT2D eigenvalue weighted by Gasteiger charge is -2.11. The van der Waals surface area contributed by atoms with Crippen molar-refractivity contribution in [1.29, 1.82) is 0 Å². The van der Waals surface area contributed by atoms with Crippen LogP contribution in [0.25, 0.3) is 0 Å². The maximum atomic E-state index is 13.6. The molecule has 0 saturated carbocycles. The minimum absolute atomic E-state index is 0.00696. The number of ketones is 1. The molecule has 0 bridgehead atoms. The lowest BCUT2D eigenvalue weighted by Crippen LogP contribution is -2.13. The van der Waals surface area contributed by atoms with Gasteiger partial charge in [-0.3, -0.25) is 4.79 Å². The summed E-state index contributed by atoms with van der Waals surface area (Å²) in [7, 11) is 0. The first-order valence-electron chi connectivity index (χ1n) is 6.83. The van der Waals surface area contributed by atoms with Crippen molar-refractivity contribution in [3.05, 3.63) is 70.5 Å². The van der Waals surface area contributed by atoms with Gasteiger partial charge in [0.1, 0.15) is 11.6 Å². The Kier molecular flexibility index (Phi) is 5.48. The molecule has 2 aromatic rings. The van der Waals surface area contributed by atoms with Crippen LogP contribution in [-0.2, 0) is 11.2 Å². The third kappa shape index (κ3) is 4.38. The van der Waals surface area contributed by atoms with Gasteiger partial charge in [-0.25, -0.2) is 4.39 Å². The van der Waals surface area contributed by atoms with E-state index >= 15 is 0 Å². The fraction of sp³-hybridized carbons (Fsp3) is 0.235. The average Bonchev–Trinajstić information content (AvgIpc) is 2.49. The smallest absolute Gasteiger partial charge is 0.137 e. The van der Waals surface area contributed by atoms with Crippen LogP contribution in [0, 0.1) is 5.82 Å². The van der Waals surface area contributed by atoms with E-state index in [1.54, 1.807) is 6.07 Å². The third-order valence-corrected chi connectivity index (χ3v) is 3.75. The molecule has 0 aromatic heterocycles. The van der Waals surface area contributed by atoms with Gasteiger partial charge in [-0.2, -0.15) is 0 Å². The normalized spacial score (nSPS) is 12.1. The molecule has 2 nitrogen and oxygen atoms in total. The summed E-state index contributed by atoms with van der Waals surface area (Å²) in [5.74, 6) is -0.503. The Hall–Kier alpha value is -1.71. The summed E-state index contributed by atoms with van der Waals surface area (Å²) in [6, 6.07) is 13.8. The standard InChI is InChI=1S/C17H17ClFNO/c18-15-7-4-8-16(19)14(15)11-13(21)9-10-17(20)12-5-2-1-3-6-12/h1-8,17H,9-11,20H2. The zero-order valence-electron chi connectivity index (χ0n) is 11.6. The van der Waals surface area contributed by atoms with Gasteiger partial charge in [0.05, 0.1) is 0 Å². The first kappa shape index (κ1) is 15.7. The average molecular weight is 306 g/mol. The number of carbonyl (C=O) groups excluding carboxylic acids is 1. The number of carbonyl (C=O) groups is 1. The number of nitrogens with two attached hydrogens (primary N) is 1. The van der Waals surface area contributed by atoms with Crippen molar-refractivity contribution < 1.29 is 9.18 Å². The highest BCUT2D eigenvalue weighted by atomic mass is 35.5. The Balaban J connectivity index is 1.91. The molecule has 0 radical (unpaired) electrons. The topological polar surface area (TPSA) is 43.1 Å². The van der Waals surface area contributed by atoms with E-state index < -0.39 is 5.82 Å². The van der Waals surface area contributed by atoms with Crippen molar-refractivity contribution in [2.45, 2.75) is 25.3 Å². The van der Waals surface area contributed by atoms with Crippen LogP contribution in [0.2, 0.25) is 5.02 Å². The van der Waals surface area contributed by atoms with Gasteiger partial charge in [-0.15, -0.1) is 0 Å². The highest BCUT2D eigenvalue weighted by molar-refractivity contribution is 6.31. The number of rotatable bonds is 6. The molecule has 0 amide bonds. The van der Waals surface area contributed by atoms with Crippen molar-refractivity contribution in [3.63, 3.8) is 0 Å². The molecule has 0 heterocycles. The second kappa shape index (κ2) is 7.34. The largest absolute Gasteiger partial charge is 0.324 e. The molecule has 2 rings (SSSR count). The van der Waals surface area contributed by atoms with E-state index in [-0.39, 0.29) is 28.8 Å². The summed E-state index contributed by atoms with van der Waals surface area (Å²) in [5, 5.41) is 0.288. The molecule has 0 aliphatic rings. The summed E-state index contributed by atoms with van der Waals surface area (Å²) >= 11 is 5.92. The van der Waals surface area contributed by atoms with Crippen molar-refractivity contribution in [1.82, 2.24) is 0 Å². The van der Waals surface area contributed by atoms with Gasteiger partial charge in [0.2, 0.25) is 0 Å². The van der Waals surface area contributed by atoms with E-state index in [9.17, 15) is 9.18 Å². The summed E-state index contributed by atoms with van der Waals surface area (Å²) < 4.78 is 13.6. The molecule has 1 atom stereocenters. The first-order valence-corrected chi connectivity index (χ1v) is 7.21. The summed E-state index contributed by atoms with van der Waals surface area (Å²) in [6.07, 6.45) is 0.850. The van der Waals surface area contributed by atoms with Crippen LogP contribution >= 0.6 is 11.6 Å². The van der Waals surface area contributed by atoms with Gasteiger partial charge in [0.15, 0.2) is 0 Å². The van der Waals surface area contributed by atoms with Gasteiger partial charge in [-0.05, 0) is 24.1 Å². The van der Waals surface area contributed by atoms with E-state index in [2.05, 4.69) is 0 Å². The first-order chi connectivity index (χ1) is 10.1. The van der Waals surface area contributed by atoms with E-state index in [1.165, 1.54) is 12.1 Å². The highest BCUT2D eigenvalue weighted by Gasteiger charge is 2.13. The van der Waals surface area contributed by atoms with Crippen LogP contribution in [0.15, 0.2) is 48.5 Å². The van der Waals surface area contributed by atoms with Gasteiger partial charge >= 0.3 is 0 Å². The number of hydrogen-bond donors (Lipinski definition) is 1. The molecular weight excluding hydrogens is 289 g/mol. The predicted molar refractivity (Wildman–Crippen MR) is 82.7 cm³/mol. The van der Waals surface area contributed by atoms with E-state index in [1.807, 2.05) is 30.3 Å². The molecule has 110 valence electrons. The minimum Gasteiger partial charge on any atom is -0.324 e. The number of halogens is 2. The third-order valence-electron chi connectivity index (χ3n) is 3.40. The summed E-state index contributed by atoms with van der Waals surface area (Å²) in [4.78, 5) is 12.0. The molecular formula is C17H17ClFNO. The Labute approximate surface area is 128 Å². The Bertz CT molecular complexity index is 595. The van der Waals surface area contributed by atoms with Crippen LogP contribution in [0.1, 0.15) is 30.0 Å². The molecule has 4 heteroatoms. The van der Waals surface area contributed by atoms with Crippen molar-refractivity contribution in [3.8, 4) is 0 Å². The molecule has 21 heavy (non-hydrogen) atoms. The van der Waals surface area contributed by atoms with E-state index in [0.717, 1.165) is 5.56 Å². The Morgan fingerprint density at radius 2 is 1.86 bits per heavy atom. The Morgan fingerprint density at radius 1 is 1.14 bits per heavy atom. The number of hydrogen-bond acceptors (Lipinski definition) is 2. The van der Waals surface area contributed by atoms with Gasteiger partial charge < -0.3 is 5.73 Å². The summed E-state index contributed by atoms with van der Waals surface area (Å²) in [5.41, 5.74) is 7.30. The molecule has 0 fully saturated rings. The molecule has 0 saturated heterocycles. The quantitative estimate of drug-likeness (QED) is 0.874. The Morgan fingerprint density at radius 3 is 2.52 bits per heavy atom. The zero-order valence-corrected chi connectivity index (χ0v) is 12.3. The SMILES string of the molecule is NC(CCC(=O)Cc1c(F)cccc1Cl)c1ccccc1. The van der Waals surface area contributed by atoms with E-state index in [0.29, 0.717) is 12.8 Å². The maximum absolute atomic E-state index is 13.6. The molecule has 2 aromatic carbocycles. The molecule has 0 spiro atoms. The number of benzene rings is 2. The second-order valence-corrected chi connectivity index (χ2v) is 5.38. The van der Waals surface area contributed by atoms with Crippen LogP contribution in [0.5, 0.6) is 0 Å². The molecule has 2 N–H and O–H groups in total. The van der Waals surface area contributed by atoms with Crippen LogP contribution in [0.3, 0.4) is 0 Å². The van der Waals surface area contributed by atoms with Gasteiger partial charge in [0.25, 0.3) is 0 Å². The lowest BCUT2D eigenvalue weighted by atomic mass is 9.99. The fourth-order valence-electron chi connectivity index (χ4n) is 2.17. The van der Waals surface area contributed by atoms with Crippen molar-refractivity contribution in [2.75, 3.05) is 0 Å². The van der Waals surface area contributed by atoms with Gasteiger partial charge in [0, 0.05) is 29.5 Å². The second-order valence-electron chi connectivity index (χ2n) is 4.97. The van der Waals surface area contributed by atoms with Crippen molar-refractivity contribution in [2.24, 2.45) is 5.73 Å². The molecule has 0 aliphatic carbocycles. The molecule has 0 aliphatic heterocycles. The maximum Gasteiger partial charge on any atom is 0.137 e. The van der Waals surface area contributed by atoms with Crippen LogP contribution in [0.4, 0.5) is 4.39 Å². The zero-order chi connectivity index (χ0) is 15.2. The van der Waals surface area contributed by atoms with Crippen LogP contribution < -0.4 is 5.73 Å². The van der Waals surface area contributed by atoms with Crippen molar-refractivity contribution >= 4 is 17.4 Å². The van der Waals surface area contributed by atoms with E-state index in [4.69, 9.17) is 17.3 Å². The predicted octanol–water partition coefficient (Wildman–Crippen LogP) is 4.07. The highest BCUT2D eigenvalue weighted by Crippen LogP contribution is 2.21. The van der Waals surface area contributed by atoms with Gasteiger partial charge in [-0.1, -0.05) is 48.0 Å².